The van der Waals surface area contributed by atoms with Gasteiger partial charge in [-0.15, -0.1) is 0 Å². The predicted molar refractivity (Wildman–Crippen MR) is 98.9 cm³/mol. The molecule has 0 aromatic heterocycles. The summed E-state index contributed by atoms with van der Waals surface area (Å²) < 4.78 is 5.16. The summed E-state index contributed by atoms with van der Waals surface area (Å²) in [5, 5.41) is 13.3. The molecule has 0 spiro atoms. The largest absolute Gasteiger partial charge is 0.445 e. The van der Waals surface area contributed by atoms with Gasteiger partial charge in [0.25, 0.3) is 5.69 Å². The van der Waals surface area contributed by atoms with Gasteiger partial charge < -0.3 is 20.7 Å². The van der Waals surface area contributed by atoms with Crippen LogP contribution in [0.1, 0.15) is 37.7 Å². The van der Waals surface area contributed by atoms with Crippen molar-refractivity contribution in [2.24, 2.45) is 5.73 Å². The number of benzene rings is 1. The number of hydrogen-bond acceptors (Lipinski definition) is 6. The van der Waals surface area contributed by atoms with Gasteiger partial charge in [0.15, 0.2) is 0 Å². The van der Waals surface area contributed by atoms with Crippen molar-refractivity contribution in [1.29, 1.82) is 0 Å². The third-order valence-corrected chi connectivity index (χ3v) is 4.47. The monoisotopic (exact) mass is 378 g/mol. The van der Waals surface area contributed by atoms with Crippen LogP contribution in [0.15, 0.2) is 24.3 Å². The minimum atomic E-state index is -0.682. The highest BCUT2D eigenvalue weighted by Gasteiger charge is 2.27. The number of hydrogen-bond donors (Lipinski definition) is 2. The zero-order valence-electron chi connectivity index (χ0n) is 15.3. The van der Waals surface area contributed by atoms with Gasteiger partial charge in [-0.2, -0.15) is 0 Å². The molecule has 3 N–H and O–H groups in total. The molecule has 1 aliphatic rings. The smallest absolute Gasteiger partial charge is 0.408 e. The van der Waals surface area contributed by atoms with Crippen LogP contribution < -0.4 is 11.1 Å². The highest BCUT2D eigenvalue weighted by molar-refractivity contribution is 5.85. The van der Waals surface area contributed by atoms with Gasteiger partial charge in [0.1, 0.15) is 12.6 Å². The van der Waals surface area contributed by atoms with Crippen LogP contribution in [0.25, 0.3) is 0 Å². The maximum Gasteiger partial charge on any atom is 0.408 e. The van der Waals surface area contributed by atoms with E-state index < -0.39 is 17.1 Å². The number of likely N-dealkylation sites (tertiary alicyclic amines) is 1. The van der Waals surface area contributed by atoms with Crippen LogP contribution >= 0.6 is 0 Å². The molecule has 2 amide bonds. The van der Waals surface area contributed by atoms with E-state index in [1.807, 2.05) is 0 Å². The molecule has 0 saturated carbocycles. The summed E-state index contributed by atoms with van der Waals surface area (Å²) in [7, 11) is 0. The van der Waals surface area contributed by atoms with E-state index in [2.05, 4.69) is 5.32 Å². The molecule has 9 heteroatoms. The number of rotatable bonds is 9. The fraction of sp³-hybridized carbons (Fsp3) is 0.556. The fourth-order valence-corrected chi connectivity index (χ4v) is 2.95. The van der Waals surface area contributed by atoms with Crippen LogP contribution in [0.4, 0.5) is 10.5 Å². The van der Waals surface area contributed by atoms with Crippen LogP contribution in [-0.4, -0.2) is 47.5 Å². The van der Waals surface area contributed by atoms with Gasteiger partial charge in [-0.05, 0) is 56.3 Å². The third kappa shape index (κ3) is 6.52. The van der Waals surface area contributed by atoms with Crippen LogP contribution in [0.2, 0.25) is 0 Å². The number of non-ortho nitro benzene ring substituents is 1. The summed E-state index contributed by atoms with van der Waals surface area (Å²) in [5.41, 5.74) is 6.10. The maximum absolute atomic E-state index is 12.6. The number of nitrogens with zero attached hydrogens (tertiary/aromatic N) is 2. The number of carbonyl (C=O) groups excluding carboxylic acids is 2. The van der Waals surface area contributed by atoms with Crippen LogP contribution in [-0.2, 0) is 16.1 Å². The molecule has 1 aliphatic heterocycles. The molecule has 0 bridgehead atoms. The van der Waals surface area contributed by atoms with Gasteiger partial charge in [0.05, 0.1) is 4.92 Å². The van der Waals surface area contributed by atoms with Crippen molar-refractivity contribution in [1.82, 2.24) is 10.2 Å². The first-order chi connectivity index (χ1) is 13.0. The molecular weight excluding hydrogens is 352 g/mol. The molecule has 1 heterocycles. The van der Waals surface area contributed by atoms with Crippen molar-refractivity contribution in [3.05, 3.63) is 39.9 Å². The average Bonchev–Trinajstić information content (AvgIpc) is 3.20. The number of alkyl carbamates (subject to hydrolysis) is 1. The quantitative estimate of drug-likeness (QED) is 0.384. The van der Waals surface area contributed by atoms with Crippen molar-refractivity contribution in [3.8, 4) is 0 Å². The topological polar surface area (TPSA) is 128 Å². The zero-order chi connectivity index (χ0) is 19.6. The molecule has 2 rings (SSSR count). The minimum Gasteiger partial charge on any atom is -0.445 e. The molecule has 1 aromatic carbocycles. The molecule has 9 nitrogen and oxygen atoms in total. The summed E-state index contributed by atoms with van der Waals surface area (Å²) >= 11 is 0. The Bertz CT molecular complexity index is 644. The normalized spacial score (nSPS) is 14.6. The van der Waals surface area contributed by atoms with Crippen molar-refractivity contribution in [3.63, 3.8) is 0 Å². The number of nitrogens with two attached hydrogens (primary N) is 1. The second-order valence-corrected chi connectivity index (χ2v) is 6.51. The number of nitro groups is 1. The lowest BCUT2D eigenvalue weighted by molar-refractivity contribution is -0.384. The number of amides is 2. The van der Waals surface area contributed by atoms with E-state index in [0.717, 1.165) is 25.7 Å². The molecule has 1 aromatic rings. The van der Waals surface area contributed by atoms with Gasteiger partial charge >= 0.3 is 6.09 Å². The summed E-state index contributed by atoms with van der Waals surface area (Å²) in [4.78, 5) is 36.7. The summed E-state index contributed by atoms with van der Waals surface area (Å²) in [5.74, 6) is -0.0863. The highest BCUT2D eigenvalue weighted by atomic mass is 16.6. The first kappa shape index (κ1) is 20.6. The standard InChI is InChI=1S/C18H26N4O5/c19-10-2-1-5-16(17(23)21-11-3-4-12-21)20-18(24)27-13-14-6-8-15(9-7-14)22(25)26/h6-9,16H,1-5,10-13,19H2,(H,20,24)/t16-/m0/s1. The van der Waals surface area contributed by atoms with Gasteiger partial charge in [-0.25, -0.2) is 4.79 Å². The summed E-state index contributed by atoms with van der Waals surface area (Å²) in [6.07, 6.45) is 3.31. The lowest BCUT2D eigenvalue weighted by Gasteiger charge is -2.23. The Morgan fingerprint density at radius 1 is 1.22 bits per heavy atom. The van der Waals surface area contributed by atoms with Crippen LogP contribution in [0.3, 0.4) is 0 Å². The molecular formula is C18H26N4O5. The molecule has 1 saturated heterocycles. The Morgan fingerprint density at radius 2 is 1.89 bits per heavy atom. The second-order valence-electron chi connectivity index (χ2n) is 6.51. The number of nitrogens with one attached hydrogen (secondary N) is 1. The van der Waals surface area contributed by atoms with Gasteiger partial charge in [0, 0.05) is 25.2 Å². The van der Waals surface area contributed by atoms with Crippen molar-refractivity contribution >= 4 is 17.7 Å². The van der Waals surface area contributed by atoms with E-state index in [1.165, 1.54) is 24.3 Å². The van der Waals surface area contributed by atoms with Gasteiger partial charge in [0.2, 0.25) is 5.91 Å². The van der Waals surface area contributed by atoms with Gasteiger partial charge in [-0.3, -0.25) is 14.9 Å². The molecule has 0 aliphatic carbocycles. The lowest BCUT2D eigenvalue weighted by atomic mass is 10.1. The van der Waals surface area contributed by atoms with Gasteiger partial charge in [-0.1, -0.05) is 0 Å². The third-order valence-electron chi connectivity index (χ3n) is 4.47. The number of ether oxygens (including phenoxy) is 1. The first-order valence-corrected chi connectivity index (χ1v) is 9.16. The molecule has 1 atom stereocenters. The Balaban J connectivity index is 1.87. The Morgan fingerprint density at radius 3 is 2.48 bits per heavy atom. The Labute approximate surface area is 158 Å². The van der Waals surface area contributed by atoms with Crippen molar-refractivity contribution in [2.45, 2.75) is 44.8 Å². The number of nitro benzene ring substituents is 1. The maximum atomic E-state index is 12.6. The van der Waals surface area contributed by atoms with E-state index >= 15 is 0 Å². The first-order valence-electron chi connectivity index (χ1n) is 9.16. The average molecular weight is 378 g/mol. The van der Waals surface area contributed by atoms with E-state index in [4.69, 9.17) is 10.5 Å². The minimum absolute atomic E-state index is 0.0284. The molecule has 0 radical (unpaired) electrons. The van der Waals surface area contributed by atoms with E-state index in [9.17, 15) is 19.7 Å². The summed E-state index contributed by atoms with van der Waals surface area (Å²) in [6, 6.07) is 5.13. The van der Waals surface area contributed by atoms with E-state index in [0.29, 0.717) is 31.6 Å². The Kier molecular flexibility index (Phi) is 8.00. The summed E-state index contributed by atoms with van der Waals surface area (Å²) in [6.45, 7) is 1.93. The van der Waals surface area contributed by atoms with E-state index in [1.54, 1.807) is 4.90 Å². The SMILES string of the molecule is NCCCC[C@H](NC(=O)OCc1ccc([N+](=O)[O-])cc1)C(=O)N1CCCC1. The highest BCUT2D eigenvalue weighted by Crippen LogP contribution is 2.14. The molecule has 148 valence electrons. The van der Waals surface area contributed by atoms with E-state index in [-0.39, 0.29) is 18.2 Å². The number of carbonyl (C=O) groups is 2. The van der Waals surface area contributed by atoms with Crippen LogP contribution in [0, 0.1) is 10.1 Å². The fourth-order valence-electron chi connectivity index (χ4n) is 2.95. The molecule has 1 fully saturated rings. The van der Waals surface area contributed by atoms with Crippen molar-refractivity contribution in [2.75, 3.05) is 19.6 Å². The predicted octanol–water partition coefficient (Wildman–Crippen LogP) is 1.94. The lowest BCUT2D eigenvalue weighted by Crippen LogP contribution is -2.47. The number of unbranched alkanes of at least 4 members (excludes halogenated alkanes) is 1. The van der Waals surface area contributed by atoms with Crippen molar-refractivity contribution < 1.29 is 19.2 Å². The Hall–Kier alpha value is -2.68. The zero-order valence-corrected chi connectivity index (χ0v) is 15.3. The molecule has 27 heavy (non-hydrogen) atoms. The van der Waals surface area contributed by atoms with Crippen LogP contribution in [0.5, 0.6) is 0 Å². The molecule has 0 unspecified atom stereocenters. The second kappa shape index (κ2) is 10.5.